The van der Waals surface area contributed by atoms with Crippen LogP contribution in [0.15, 0.2) is 47.7 Å². The molecule has 0 spiro atoms. The van der Waals surface area contributed by atoms with Crippen LogP contribution in [0.5, 0.6) is 0 Å². The van der Waals surface area contributed by atoms with Gasteiger partial charge in [0.15, 0.2) is 5.96 Å². The van der Waals surface area contributed by atoms with Crippen molar-refractivity contribution in [1.82, 2.24) is 25.3 Å². The number of nitrogens with zero attached hydrogens (tertiary/aromatic N) is 4. The van der Waals surface area contributed by atoms with Gasteiger partial charge in [0, 0.05) is 38.6 Å². The molecule has 0 radical (unpaired) electrons. The molecule has 2 aromatic rings. The molecule has 1 aromatic carbocycles. The lowest BCUT2D eigenvalue weighted by Gasteiger charge is -2.18. The van der Waals surface area contributed by atoms with Crippen LogP contribution in [-0.2, 0) is 19.6 Å². The van der Waals surface area contributed by atoms with Crippen LogP contribution >= 0.6 is 24.0 Å². The fourth-order valence-corrected chi connectivity index (χ4v) is 2.85. The Bertz CT molecular complexity index is 650. The molecule has 0 atom stereocenters. The largest absolute Gasteiger partial charge is 0.357 e. The standard InChI is InChI=1S/C21H34N6.HI/c1-4-22-21(23-13-7-15-27-16-8-14-25-27)24-17-19-9-11-20(12-10-19)18-26(5-2)6-3;/h8-12,14,16H,4-7,13,15,17-18H2,1-3H3,(H2,22,23,24);1H. The molecule has 2 rings (SSSR count). The van der Waals surface area contributed by atoms with Gasteiger partial charge in [-0.1, -0.05) is 38.1 Å². The van der Waals surface area contributed by atoms with Crippen molar-refractivity contribution in [2.75, 3.05) is 26.2 Å². The molecule has 0 fully saturated rings. The highest BCUT2D eigenvalue weighted by Crippen LogP contribution is 2.08. The van der Waals surface area contributed by atoms with Gasteiger partial charge >= 0.3 is 0 Å². The van der Waals surface area contributed by atoms with E-state index in [4.69, 9.17) is 4.99 Å². The Kier molecular flexibility index (Phi) is 12.6. The third-order valence-electron chi connectivity index (χ3n) is 4.50. The Morgan fingerprint density at radius 1 is 1.07 bits per heavy atom. The molecule has 0 bridgehead atoms. The lowest BCUT2D eigenvalue weighted by molar-refractivity contribution is 0.296. The normalized spacial score (nSPS) is 11.4. The zero-order valence-corrected chi connectivity index (χ0v) is 19.7. The van der Waals surface area contributed by atoms with Gasteiger partial charge in [-0.2, -0.15) is 5.10 Å². The van der Waals surface area contributed by atoms with Crippen molar-refractivity contribution in [2.24, 2.45) is 4.99 Å². The van der Waals surface area contributed by atoms with Crippen LogP contribution in [0, 0.1) is 0 Å². The van der Waals surface area contributed by atoms with Crippen molar-refractivity contribution in [3.63, 3.8) is 0 Å². The first-order valence-electron chi connectivity index (χ1n) is 10.0. The first-order valence-corrected chi connectivity index (χ1v) is 10.0. The molecule has 0 saturated heterocycles. The van der Waals surface area contributed by atoms with E-state index in [0.717, 1.165) is 51.6 Å². The summed E-state index contributed by atoms with van der Waals surface area (Å²) in [5.74, 6) is 0.866. The molecule has 1 aromatic heterocycles. The van der Waals surface area contributed by atoms with Gasteiger partial charge in [0.05, 0.1) is 6.54 Å². The van der Waals surface area contributed by atoms with Gasteiger partial charge in [0.1, 0.15) is 0 Å². The van der Waals surface area contributed by atoms with Crippen molar-refractivity contribution < 1.29 is 0 Å². The molecule has 0 aliphatic heterocycles. The minimum atomic E-state index is 0. The number of hydrogen-bond donors (Lipinski definition) is 2. The number of aryl methyl sites for hydroxylation is 1. The summed E-state index contributed by atoms with van der Waals surface area (Å²) < 4.78 is 1.95. The zero-order valence-electron chi connectivity index (χ0n) is 17.4. The summed E-state index contributed by atoms with van der Waals surface area (Å²) in [6, 6.07) is 10.8. The number of halogens is 1. The number of aliphatic imine (C=N–C) groups is 1. The van der Waals surface area contributed by atoms with Crippen LogP contribution in [0.3, 0.4) is 0 Å². The fraction of sp³-hybridized carbons (Fsp3) is 0.524. The summed E-state index contributed by atoms with van der Waals surface area (Å²) >= 11 is 0. The molecule has 0 unspecified atom stereocenters. The van der Waals surface area contributed by atoms with Crippen molar-refractivity contribution in [3.8, 4) is 0 Å². The van der Waals surface area contributed by atoms with Crippen LogP contribution in [0.4, 0.5) is 0 Å². The van der Waals surface area contributed by atoms with Gasteiger partial charge < -0.3 is 10.6 Å². The molecule has 6 nitrogen and oxygen atoms in total. The molecular formula is C21H35IN6. The maximum Gasteiger partial charge on any atom is 0.191 e. The Balaban J connectivity index is 0.00000392. The average Bonchev–Trinajstić information content (AvgIpc) is 3.22. The lowest BCUT2D eigenvalue weighted by atomic mass is 10.1. The summed E-state index contributed by atoms with van der Waals surface area (Å²) in [5, 5.41) is 10.9. The highest BCUT2D eigenvalue weighted by Gasteiger charge is 2.02. The third-order valence-corrected chi connectivity index (χ3v) is 4.50. The fourth-order valence-electron chi connectivity index (χ4n) is 2.85. The van der Waals surface area contributed by atoms with Gasteiger partial charge in [-0.3, -0.25) is 9.58 Å². The van der Waals surface area contributed by atoms with Gasteiger partial charge in [-0.15, -0.1) is 24.0 Å². The average molecular weight is 498 g/mol. The summed E-state index contributed by atoms with van der Waals surface area (Å²) in [4.78, 5) is 7.12. The van der Waals surface area contributed by atoms with Crippen LogP contribution in [0.1, 0.15) is 38.3 Å². The molecule has 0 saturated carbocycles. The second kappa shape index (κ2) is 14.4. The molecule has 7 heteroatoms. The minimum absolute atomic E-state index is 0. The molecule has 28 heavy (non-hydrogen) atoms. The molecule has 0 amide bonds. The van der Waals surface area contributed by atoms with E-state index in [1.165, 1.54) is 11.1 Å². The predicted octanol–water partition coefficient (Wildman–Crippen LogP) is 3.49. The topological polar surface area (TPSA) is 57.5 Å². The maximum absolute atomic E-state index is 4.70. The van der Waals surface area contributed by atoms with E-state index in [9.17, 15) is 0 Å². The number of nitrogens with one attached hydrogen (secondary N) is 2. The SMILES string of the molecule is CCNC(=NCc1ccc(CN(CC)CC)cc1)NCCCn1cccn1.I. The minimum Gasteiger partial charge on any atom is -0.357 e. The number of aromatic nitrogens is 2. The van der Waals surface area contributed by atoms with Gasteiger partial charge in [-0.25, -0.2) is 4.99 Å². The highest BCUT2D eigenvalue weighted by atomic mass is 127. The van der Waals surface area contributed by atoms with Crippen molar-refractivity contribution in [1.29, 1.82) is 0 Å². The van der Waals surface area contributed by atoms with Crippen LogP contribution in [0.2, 0.25) is 0 Å². The van der Waals surface area contributed by atoms with Crippen LogP contribution in [-0.4, -0.2) is 46.8 Å². The lowest BCUT2D eigenvalue weighted by Crippen LogP contribution is -2.38. The predicted molar refractivity (Wildman–Crippen MR) is 128 cm³/mol. The second-order valence-electron chi connectivity index (χ2n) is 6.52. The van der Waals surface area contributed by atoms with E-state index in [2.05, 4.69) is 65.7 Å². The highest BCUT2D eigenvalue weighted by molar-refractivity contribution is 14.0. The second-order valence-corrected chi connectivity index (χ2v) is 6.52. The summed E-state index contributed by atoms with van der Waals surface area (Å²) in [6.07, 6.45) is 4.81. The van der Waals surface area contributed by atoms with E-state index < -0.39 is 0 Å². The van der Waals surface area contributed by atoms with Crippen LogP contribution < -0.4 is 10.6 Å². The summed E-state index contributed by atoms with van der Waals surface area (Å²) in [7, 11) is 0. The number of guanidine groups is 1. The first-order chi connectivity index (χ1) is 13.2. The summed E-state index contributed by atoms with van der Waals surface area (Å²) in [6.45, 7) is 13.0. The van der Waals surface area contributed by atoms with E-state index in [1.54, 1.807) is 0 Å². The molecule has 0 aliphatic carbocycles. The smallest absolute Gasteiger partial charge is 0.191 e. The van der Waals surface area contributed by atoms with Gasteiger partial charge in [0.2, 0.25) is 0 Å². The van der Waals surface area contributed by atoms with Crippen molar-refractivity contribution in [3.05, 3.63) is 53.9 Å². The molecule has 2 N–H and O–H groups in total. The van der Waals surface area contributed by atoms with Crippen LogP contribution in [0.25, 0.3) is 0 Å². The Morgan fingerprint density at radius 2 is 1.79 bits per heavy atom. The summed E-state index contributed by atoms with van der Waals surface area (Å²) in [5.41, 5.74) is 2.59. The van der Waals surface area contributed by atoms with E-state index in [0.29, 0.717) is 6.54 Å². The quantitative estimate of drug-likeness (QED) is 0.216. The van der Waals surface area contributed by atoms with Crippen molar-refractivity contribution >= 4 is 29.9 Å². The van der Waals surface area contributed by atoms with E-state index in [1.807, 2.05) is 23.1 Å². The number of hydrogen-bond acceptors (Lipinski definition) is 3. The van der Waals surface area contributed by atoms with Gasteiger partial charge in [-0.05, 0) is 43.6 Å². The third kappa shape index (κ3) is 9.05. The zero-order chi connectivity index (χ0) is 19.3. The Hall–Kier alpha value is -1.61. The molecular weight excluding hydrogens is 463 g/mol. The monoisotopic (exact) mass is 498 g/mol. The van der Waals surface area contributed by atoms with E-state index in [-0.39, 0.29) is 24.0 Å². The molecule has 156 valence electrons. The molecule has 0 aliphatic rings. The van der Waals surface area contributed by atoms with Gasteiger partial charge in [0.25, 0.3) is 0 Å². The number of rotatable bonds is 11. The Labute approximate surface area is 186 Å². The van der Waals surface area contributed by atoms with Crippen molar-refractivity contribution in [2.45, 2.75) is 46.8 Å². The number of benzene rings is 1. The maximum atomic E-state index is 4.70. The molecule has 1 heterocycles. The van der Waals surface area contributed by atoms with E-state index >= 15 is 0 Å². The first kappa shape index (κ1) is 24.4. The Morgan fingerprint density at radius 3 is 2.39 bits per heavy atom.